The van der Waals surface area contributed by atoms with Crippen LogP contribution in [0, 0.1) is 6.92 Å². The Morgan fingerprint density at radius 1 is 1.67 bits per heavy atom. The molecule has 0 aliphatic heterocycles. The average molecular weight is 94.1 g/mol. The van der Waals surface area contributed by atoms with Crippen LogP contribution < -0.4 is 18.9 Å². The molecular formula is C4H12AlLi. The van der Waals surface area contributed by atoms with Gasteiger partial charge in [0.05, 0.1) is 0 Å². The van der Waals surface area contributed by atoms with Crippen LogP contribution in [-0.2, 0) is 0 Å². The van der Waals surface area contributed by atoms with Gasteiger partial charge in [-0.05, 0) is 0 Å². The van der Waals surface area contributed by atoms with E-state index in [0.29, 0.717) is 0 Å². The second-order valence-electron chi connectivity index (χ2n) is 0.854. The third-order valence-electron chi connectivity index (χ3n) is 0.354. The first-order valence-corrected chi connectivity index (χ1v) is 1.71. The largest absolute Gasteiger partial charge is 3.00 e. The van der Waals surface area contributed by atoms with Crippen LogP contribution in [-0.4, -0.2) is 17.4 Å². The van der Waals surface area contributed by atoms with Crippen molar-refractivity contribution in [1.29, 1.82) is 0 Å². The monoisotopic (exact) mass is 94.1 g/mol. The zero-order valence-electron chi connectivity index (χ0n) is 7.70. The van der Waals surface area contributed by atoms with Crippen LogP contribution in [0.25, 0.3) is 0 Å². The predicted molar refractivity (Wildman–Crippen MR) is 29.4 cm³/mol. The predicted octanol–water partition coefficient (Wildman–Crippen LogP) is -1.42. The van der Waals surface area contributed by atoms with Crippen molar-refractivity contribution >= 4 is 17.4 Å². The van der Waals surface area contributed by atoms with Crippen molar-refractivity contribution in [2.45, 2.75) is 19.8 Å². The van der Waals surface area contributed by atoms with E-state index in [4.69, 9.17) is 0 Å². The molecule has 0 fully saturated rings. The zero-order valence-corrected chi connectivity index (χ0v) is 5.85. The molecule has 0 heterocycles. The summed E-state index contributed by atoms with van der Waals surface area (Å²) in [6, 6.07) is 0. The van der Waals surface area contributed by atoms with E-state index >= 15 is 0 Å². The van der Waals surface area contributed by atoms with Gasteiger partial charge in [0.15, 0.2) is 0 Å². The van der Waals surface area contributed by atoms with Gasteiger partial charge in [-0.1, -0.05) is 13.3 Å². The molecule has 0 aromatic heterocycles. The van der Waals surface area contributed by atoms with Crippen molar-refractivity contribution in [3.8, 4) is 0 Å². The summed E-state index contributed by atoms with van der Waals surface area (Å²) in [4.78, 5) is 0. The molecule has 0 aliphatic carbocycles. The Balaban J connectivity index is -0.00000000450. The standard InChI is InChI=1S/C4H9.Al.Li.3H/c1-3-4-2;;;;;/h1,3-4H2,2H3;;;;;/q-1;+3;+1;3*-1. The van der Waals surface area contributed by atoms with Gasteiger partial charge in [-0.25, -0.2) is 0 Å². The molecule has 0 rings (SSSR count). The SMILES string of the molecule is [Al+3].[CH2-]CCC.[H-].[H-].[H-].[Li+]. The fourth-order valence-corrected chi connectivity index (χ4v) is 0. The molecule has 2 heteroatoms. The van der Waals surface area contributed by atoms with Crippen LogP contribution in [0.3, 0.4) is 0 Å². The average Bonchev–Trinajstić information content (AvgIpc) is 1.37. The van der Waals surface area contributed by atoms with E-state index in [1.807, 2.05) is 0 Å². The van der Waals surface area contributed by atoms with Crippen molar-refractivity contribution in [2.75, 3.05) is 0 Å². The Morgan fingerprint density at radius 2 is 1.83 bits per heavy atom. The van der Waals surface area contributed by atoms with Gasteiger partial charge in [-0.2, -0.15) is 6.42 Å². The van der Waals surface area contributed by atoms with Gasteiger partial charge < -0.3 is 11.2 Å². The van der Waals surface area contributed by atoms with Crippen LogP contribution >= 0.6 is 0 Å². The van der Waals surface area contributed by atoms with E-state index in [0.717, 1.165) is 6.42 Å². The molecule has 32 valence electrons. The maximum atomic E-state index is 3.60. The number of hydrogen-bond donors (Lipinski definition) is 0. The number of hydrogen-bond acceptors (Lipinski definition) is 0. The summed E-state index contributed by atoms with van der Waals surface area (Å²) >= 11 is 0. The second-order valence-corrected chi connectivity index (χ2v) is 0.854. The fraction of sp³-hybridized carbons (Fsp3) is 0.750. The molecule has 0 aromatic rings. The summed E-state index contributed by atoms with van der Waals surface area (Å²) in [7, 11) is 0. The molecule has 6 heavy (non-hydrogen) atoms. The van der Waals surface area contributed by atoms with Gasteiger partial charge in [-0.3, -0.25) is 0 Å². The quantitative estimate of drug-likeness (QED) is 0.276. The molecule has 0 N–H and O–H groups in total. The summed E-state index contributed by atoms with van der Waals surface area (Å²) < 4.78 is 0. The molecule has 0 saturated heterocycles. The zero-order chi connectivity index (χ0) is 3.41. The van der Waals surface area contributed by atoms with E-state index in [-0.39, 0.29) is 40.5 Å². The maximum absolute atomic E-state index is 3.60. The third kappa shape index (κ3) is 19.3. The van der Waals surface area contributed by atoms with Crippen molar-refractivity contribution < 1.29 is 23.1 Å². The Bertz CT molecular complexity index is 17.8. The van der Waals surface area contributed by atoms with E-state index < -0.39 is 0 Å². The maximum Gasteiger partial charge on any atom is 3.00 e. The van der Waals surface area contributed by atoms with Gasteiger partial charge in [0.25, 0.3) is 0 Å². The summed E-state index contributed by atoms with van der Waals surface area (Å²) in [5.74, 6) is 0. The van der Waals surface area contributed by atoms with Crippen LogP contribution in [0.15, 0.2) is 0 Å². The normalized spacial score (nSPS) is 5.00. The summed E-state index contributed by atoms with van der Waals surface area (Å²) in [6.07, 6.45) is 2.28. The Labute approximate surface area is 67.5 Å². The van der Waals surface area contributed by atoms with Crippen molar-refractivity contribution in [2.24, 2.45) is 0 Å². The summed E-state index contributed by atoms with van der Waals surface area (Å²) in [5.41, 5.74) is 0. The van der Waals surface area contributed by atoms with E-state index in [1.165, 1.54) is 6.42 Å². The molecule has 0 nitrogen and oxygen atoms in total. The first kappa shape index (κ1) is 15.7. The van der Waals surface area contributed by atoms with Gasteiger partial charge >= 0.3 is 36.2 Å². The van der Waals surface area contributed by atoms with Crippen LogP contribution in [0.4, 0.5) is 0 Å². The number of rotatable bonds is 1. The second kappa shape index (κ2) is 16.5. The van der Waals surface area contributed by atoms with E-state index in [2.05, 4.69) is 13.8 Å². The molecule has 0 amide bonds. The smallest absolute Gasteiger partial charge is 1.00 e. The Morgan fingerprint density at radius 3 is 1.83 bits per heavy atom. The van der Waals surface area contributed by atoms with E-state index in [9.17, 15) is 0 Å². The minimum Gasteiger partial charge on any atom is -1.00 e. The Hall–Kier alpha value is 1.13. The molecule has 0 atom stereocenters. The minimum absolute atomic E-state index is 0. The first-order chi connectivity index (χ1) is 1.91. The summed E-state index contributed by atoms with van der Waals surface area (Å²) in [5, 5.41) is 0. The molecule has 0 bridgehead atoms. The molecule has 0 unspecified atom stereocenters. The van der Waals surface area contributed by atoms with Crippen LogP contribution in [0.2, 0.25) is 0 Å². The first-order valence-electron chi connectivity index (χ1n) is 1.71. The number of unbranched alkanes of at least 4 members (excludes halogenated alkanes) is 1. The van der Waals surface area contributed by atoms with Gasteiger partial charge in [0.2, 0.25) is 0 Å². The molecule has 0 aliphatic rings. The van der Waals surface area contributed by atoms with Crippen molar-refractivity contribution in [3.05, 3.63) is 6.92 Å². The molecule has 0 spiro atoms. The molecular weight excluding hydrogens is 82.0 g/mol. The van der Waals surface area contributed by atoms with Crippen LogP contribution in [0.5, 0.6) is 0 Å². The summed E-state index contributed by atoms with van der Waals surface area (Å²) in [6.45, 7) is 5.72. The Kier molecular flexibility index (Phi) is 43.1. The van der Waals surface area contributed by atoms with Gasteiger partial charge in [0.1, 0.15) is 0 Å². The van der Waals surface area contributed by atoms with E-state index in [1.54, 1.807) is 0 Å². The molecule has 0 radical (unpaired) electrons. The molecule has 0 aromatic carbocycles. The van der Waals surface area contributed by atoms with Crippen molar-refractivity contribution in [1.82, 2.24) is 0 Å². The fourth-order valence-electron chi connectivity index (χ4n) is 0. The third-order valence-corrected chi connectivity index (χ3v) is 0.354. The topological polar surface area (TPSA) is 0 Å². The van der Waals surface area contributed by atoms with Crippen LogP contribution in [0.1, 0.15) is 24.0 Å². The molecule has 0 saturated carbocycles. The van der Waals surface area contributed by atoms with Crippen molar-refractivity contribution in [3.63, 3.8) is 0 Å². The van der Waals surface area contributed by atoms with Gasteiger partial charge in [-0.15, -0.1) is 0 Å². The van der Waals surface area contributed by atoms with Gasteiger partial charge in [0, 0.05) is 0 Å². The minimum atomic E-state index is 0.